The Morgan fingerprint density at radius 3 is 2.03 bits per heavy atom. The molecule has 0 saturated heterocycles. The van der Waals surface area contributed by atoms with Gasteiger partial charge in [0.25, 0.3) is 5.91 Å². The third-order valence-corrected chi connectivity index (χ3v) is 7.18. The Balaban J connectivity index is 1.79. The number of carbonyl (C=O) groups is 1. The minimum Gasteiger partial charge on any atom is -0.502 e. The average molecular weight is 498 g/mol. The highest BCUT2D eigenvalue weighted by Crippen LogP contribution is 2.40. The van der Waals surface area contributed by atoms with Gasteiger partial charge in [0, 0.05) is 12.3 Å². The Morgan fingerprint density at radius 2 is 1.50 bits per heavy atom. The first-order valence-corrected chi connectivity index (χ1v) is 11.8. The Bertz CT molecular complexity index is 1380. The molecule has 2 aliphatic rings. The number of hydrogen-bond donors (Lipinski definition) is 1. The summed E-state index contributed by atoms with van der Waals surface area (Å²) in [5.41, 5.74) is 4.76. The number of halogens is 3. The Labute approximate surface area is 206 Å². The van der Waals surface area contributed by atoms with E-state index in [0.717, 1.165) is 59.2 Å². The molecule has 1 aliphatic carbocycles. The minimum atomic E-state index is -4.69. The molecule has 1 atom stereocenters. The van der Waals surface area contributed by atoms with Gasteiger partial charge in [0.05, 0.1) is 6.04 Å². The van der Waals surface area contributed by atoms with E-state index >= 15 is 0 Å². The number of fused-ring (bicyclic) bond motifs is 3. The molecule has 188 valence electrons. The summed E-state index contributed by atoms with van der Waals surface area (Å²) in [5, 5.41) is 12.2. The van der Waals surface area contributed by atoms with Crippen LogP contribution in [-0.2, 0) is 12.8 Å². The van der Waals surface area contributed by atoms with Crippen molar-refractivity contribution >= 4 is 5.91 Å². The van der Waals surface area contributed by atoms with Gasteiger partial charge in [-0.3, -0.25) is 19.3 Å². The van der Waals surface area contributed by atoms with Gasteiger partial charge in [-0.25, -0.2) is 0 Å². The van der Waals surface area contributed by atoms with Crippen molar-refractivity contribution in [3.8, 4) is 5.75 Å². The van der Waals surface area contributed by atoms with Crippen molar-refractivity contribution in [1.29, 1.82) is 0 Å². The van der Waals surface area contributed by atoms with E-state index in [9.17, 15) is 27.9 Å². The quantitative estimate of drug-likeness (QED) is 0.572. The molecule has 0 saturated carbocycles. The fourth-order valence-corrected chi connectivity index (χ4v) is 5.23. The fourth-order valence-electron chi connectivity index (χ4n) is 5.23. The number of hydrogen-bond acceptors (Lipinski definition) is 4. The topological polar surface area (TPSA) is 65.8 Å². The molecule has 0 radical (unpaired) electrons. The number of aromatic hydroxyl groups is 1. The molecule has 3 aromatic rings. The number of amides is 1. The van der Waals surface area contributed by atoms with E-state index in [0.29, 0.717) is 4.90 Å². The van der Waals surface area contributed by atoms with Crippen LogP contribution in [0.5, 0.6) is 5.75 Å². The van der Waals surface area contributed by atoms with E-state index in [1.807, 2.05) is 38.1 Å². The summed E-state index contributed by atoms with van der Waals surface area (Å²) >= 11 is 0. The Kier molecular flexibility index (Phi) is 5.61. The lowest BCUT2D eigenvalue weighted by atomic mass is 9.92. The molecular formula is C27H26F3N3O3. The maximum atomic E-state index is 13.8. The van der Waals surface area contributed by atoms with Crippen molar-refractivity contribution in [3.05, 3.63) is 98.0 Å². The van der Waals surface area contributed by atoms with Gasteiger partial charge in [0.15, 0.2) is 11.4 Å². The lowest BCUT2D eigenvalue weighted by molar-refractivity contribution is -0.173. The lowest BCUT2D eigenvalue weighted by Crippen LogP contribution is -2.60. The molecule has 36 heavy (non-hydrogen) atoms. The van der Waals surface area contributed by atoms with Gasteiger partial charge < -0.3 is 10.0 Å². The summed E-state index contributed by atoms with van der Waals surface area (Å²) in [6, 6.07) is 10.4. The highest BCUT2D eigenvalue weighted by atomic mass is 19.4. The molecule has 0 spiro atoms. The van der Waals surface area contributed by atoms with Gasteiger partial charge in [0.2, 0.25) is 5.43 Å². The molecule has 0 fully saturated rings. The van der Waals surface area contributed by atoms with Crippen molar-refractivity contribution in [3.63, 3.8) is 0 Å². The van der Waals surface area contributed by atoms with Crippen LogP contribution in [-0.4, -0.2) is 39.5 Å². The molecule has 9 heteroatoms. The summed E-state index contributed by atoms with van der Waals surface area (Å²) < 4.78 is 42.8. The van der Waals surface area contributed by atoms with Crippen LogP contribution < -0.4 is 10.4 Å². The Hall–Kier alpha value is -3.75. The molecule has 1 aliphatic heterocycles. The molecule has 6 nitrogen and oxygen atoms in total. The van der Waals surface area contributed by atoms with Crippen LogP contribution in [0.15, 0.2) is 53.5 Å². The third kappa shape index (κ3) is 3.83. The van der Waals surface area contributed by atoms with Crippen molar-refractivity contribution in [1.82, 2.24) is 9.58 Å². The number of rotatable bonds is 2. The molecule has 5 rings (SSSR count). The van der Waals surface area contributed by atoms with Gasteiger partial charge >= 0.3 is 6.18 Å². The first kappa shape index (κ1) is 24.0. The van der Waals surface area contributed by atoms with Crippen LogP contribution in [0.4, 0.5) is 13.2 Å². The number of alkyl halides is 3. The number of nitrogens with zero attached hydrogens (tertiary/aromatic N) is 3. The highest BCUT2D eigenvalue weighted by molar-refractivity contribution is 5.96. The second-order valence-electron chi connectivity index (χ2n) is 9.60. The van der Waals surface area contributed by atoms with Crippen molar-refractivity contribution in [2.24, 2.45) is 0 Å². The van der Waals surface area contributed by atoms with E-state index in [1.54, 1.807) is 5.01 Å². The van der Waals surface area contributed by atoms with Crippen molar-refractivity contribution in [2.45, 2.75) is 51.9 Å². The second-order valence-corrected chi connectivity index (χ2v) is 9.60. The molecule has 1 N–H and O–H groups in total. The van der Waals surface area contributed by atoms with E-state index < -0.39 is 41.0 Å². The maximum Gasteiger partial charge on any atom is 0.408 e. The SMILES string of the molecule is Cc1ccc2c(c1)CCc1cc(C)ccc1C2N1CN([C@H](C)C(F)(F)F)C(=O)c2c(O)c(=O)ccn21. The molecule has 2 aromatic carbocycles. The van der Waals surface area contributed by atoms with Gasteiger partial charge in [-0.15, -0.1) is 0 Å². The number of pyridine rings is 1. The van der Waals surface area contributed by atoms with Crippen LogP contribution in [0.1, 0.15) is 56.8 Å². The van der Waals surface area contributed by atoms with Gasteiger partial charge in [-0.1, -0.05) is 47.5 Å². The summed E-state index contributed by atoms with van der Waals surface area (Å²) in [6.45, 7) is 4.49. The highest BCUT2D eigenvalue weighted by Gasteiger charge is 2.47. The molecular weight excluding hydrogens is 471 g/mol. The molecule has 1 amide bonds. The standard InChI is InChI=1S/C27H26F3N3O3/c1-15-4-8-20-18(12-15)6-7-19-13-16(2)5-9-21(19)23(20)33-14-31(17(3)27(28,29)30)26(36)24-25(35)22(34)10-11-32(24)33/h4-5,8-13,17,23,35H,6-7,14H2,1-3H3/t17-/m1/s1. The molecule has 1 aromatic heterocycles. The largest absolute Gasteiger partial charge is 0.502 e. The van der Waals surface area contributed by atoms with Crippen LogP contribution in [0.25, 0.3) is 0 Å². The first-order valence-electron chi connectivity index (χ1n) is 11.8. The van der Waals surface area contributed by atoms with Crippen LogP contribution in [0, 0.1) is 13.8 Å². The van der Waals surface area contributed by atoms with Crippen molar-refractivity contribution in [2.75, 3.05) is 11.7 Å². The van der Waals surface area contributed by atoms with Gasteiger partial charge in [0.1, 0.15) is 12.7 Å². The summed E-state index contributed by atoms with van der Waals surface area (Å²) in [6.07, 6.45) is -1.84. The number of benzene rings is 2. The molecule has 0 unspecified atom stereocenters. The monoisotopic (exact) mass is 497 g/mol. The smallest absolute Gasteiger partial charge is 0.408 e. The zero-order valence-electron chi connectivity index (χ0n) is 20.1. The van der Waals surface area contributed by atoms with Gasteiger partial charge in [-0.2, -0.15) is 13.2 Å². The second kappa shape index (κ2) is 8.43. The fraction of sp³-hybridized carbons (Fsp3) is 0.333. The number of aromatic nitrogens is 1. The normalized spacial score (nSPS) is 16.8. The van der Waals surface area contributed by atoms with E-state index in [-0.39, 0.29) is 6.67 Å². The first-order chi connectivity index (χ1) is 17.0. The van der Waals surface area contributed by atoms with E-state index in [2.05, 4.69) is 12.1 Å². The zero-order chi connectivity index (χ0) is 25.9. The number of carbonyl (C=O) groups excluding carboxylic acids is 1. The summed E-state index contributed by atoms with van der Waals surface area (Å²) in [4.78, 5) is 26.1. The van der Waals surface area contributed by atoms with E-state index in [4.69, 9.17) is 0 Å². The van der Waals surface area contributed by atoms with Crippen molar-refractivity contribution < 1.29 is 23.1 Å². The minimum absolute atomic E-state index is 0.389. The van der Waals surface area contributed by atoms with Crippen LogP contribution in [0.3, 0.4) is 0 Å². The predicted molar refractivity (Wildman–Crippen MR) is 129 cm³/mol. The molecule has 0 bridgehead atoms. The predicted octanol–water partition coefficient (Wildman–Crippen LogP) is 4.36. The lowest BCUT2D eigenvalue weighted by Gasteiger charge is -2.46. The van der Waals surface area contributed by atoms with E-state index in [1.165, 1.54) is 10.9 Å². The maximum absolute atomic E-state index is 13.8. The molecule has 2 heterocycles. The van der Waals surface area contributed by atoms with Crippen LogP contribution >= 0.6 is 0 Å². The average Bonchev–Trinajstić information content (AvgIpc) is 2.96. The summed E-state index contributed by atoms with van der Waals surface area (Å²) in [7, 11) is 0. The van der Waals surface area contributed by atoms with Crippen LogP contribution in [0.2, 0.25) is 0 Å². The Morgan fingerprint density at radius 1 is 0.944 bits per heavy atom. The zero-order valence-corrected chi connectivity index (χ0v) is 20.1. The summed E-state index contributed by atoms with van der Waals surface area (Å²) in [5.74, 6) is -1.92. The third-order valence-electron chi connectivity index (χ3n) is 7.18. The number of aryl methyl sites for hydroxylation is 4. The van der Waals surface area contributed by atoms with Gasteiger partial charge in [-0.05, 0) is 55.9 Å².